The Morgan fingerprint density at radius 2 is 1.53 bits per heavy atom. The lowest BCUT2D eigenvalue weighted by Gasteiger charge is -2.10. The Balaban J connectivity index is 1.80. The van der Waals surface area contributed by atoms with Crippen molar-refractivity contribution in [1.29, 1.82) is 0 Å². The van der Waals surface area contributed by atoms with Gasteiger partial charge in [-0.25, -0.2) is 0 Å². The van der Waals surface area contributed by atoms with Gasteiger partial charge < -0.3 is 15.6 Å². The third-order valence-electron chi connectivity index (χ3n) is 4.91. The maximum atomic E-state index is 12.8. The minimum absolute atomic E-state index is 0.0290. The van der Waals surface area contributed by atoms with Crippen LogP contribution in [-0.2, 0) is 0 Å². The molecule has 30 heavy (non-hydrogen) atoms. The summed E-state index contributed by atoms with van der Waals surface area (Å²) in [6, 6.07) is 17.8. The average Bonchev–Trinajstić information content (AvgIpc) is 2.74. The highest BCUT2D eigenvalue weighted by Gasteiger charge is 2.20. The summed E-state index contributed by atoms with van der Waals surface area (Å²) in [4.78, 5) is 24.6. The number of nitrogens with two attached hydrogens (primary N) is 1. The summed E-state index contributed by atoms with van der Waals surface area (Å²) in [6.07, 6.45) is 2.11. The van der Waals surface area contributed by atoms with Crippen molar-refractivity contribution >= 4 is 17.3 Å². The highest BCUT2D eigenvalue weighted by Crippen LogP contribution is 2.31. The molecule has 0 radical (unpaired) electrons. The topological polar surface area (TPSA) is 89.6 Å². The van der Waals surface area contributed by atoms with Crippen molar-refractivity contribution < 1.29 is 19.4 Å². The predicted octanol–water partition coefficient (Wildman–Crippen LogP) is 5.25. The molecule has 3 aromatic carbocycles. The van der Waals surface area contributed by atoms with Gasteiger partial charge in [0.15, 0.2) is 11.6 Å². The zero-order valence-corrected chi connectivity index (χ0v) is 17.1. The molecule has 0 aromatic heterocycles. The van der Waals surface area contributed by atoms with Gasteiger partial charge in [0.05, 0.1) is 17.7 Å². The Kier molecular flexibility index (Phi) is 6.52. The fourth-order valence-corrected chi connectivity index (χ4v) is 3.21. The minimum Gasteiger partial charge on any atom is -0.506 e. The summed E-state index contributed by atoms with van der Waals surface area (Å²) in [5.74, 6) is -0.312. The van der Waals surface area contributed by atoms with Crippen molar-refractivity contribution in [2.24, 2.45) is 0 Å². The van der Waals surface area contributed by atoms with Gasteiger partial charge in [0.1, 0.15) is 11.5 Å². The summed E-state index contributed by atoms with van der Waals surface area (Å²) in [5, 5.41) is 10.4. The number of carbonyl (C=O) groups excluding carboxylic acids is 2. The number of hydrogen-bond donors (Lipinski definition) is 2. The molecule has 5 nitrogen and oxygen atoms in total. The normalized spacial score (nSPS) is 10.6. The zero-order chi connectivity index (χ0) is 21.7. The van der Waals surface area contributed by atoms with Crippen LogP contribution in [0.4, 0.5) is 5.69 Å². The second kappa shape index (κ2) is 9.27. The number of phenols is 1. The number of hydrogen-bond acceptors (Lipinski definition) is 5. The van der Waals surface area contributed by atoms with E-state index in [0.717, 1.165) is 29.7 Å². The molecule has 0 atom stereocenters. The van der Waals surface area contributed by atoms with Crippen LogP contribution in [0.2, 0.25) is 0 Å². The van der Waals surface area contributed by atoms with E-state index in [2.05, 4.69) is 6.92 Å². The lowest BCUT2D eigenvalue weighted by molar-refractivity contribution is 0.101. The van der Waals surface area contributed by atoms with Crippen LogP contribution >= 0.6 is 0 Å². The van der Waals surface area contributed by atoms with E-state index >= 15 is 0 Å². The van der Waals surface area contributed by atoms with Crippen LogP contribution in [0.15, 0.2) is 60.7 Å². The Labute approximate surface area is 176 Å². The summed E-state index contributed by atoms with van der Waals surface area (Å²) < 4.78 is 5.68. The van der Waals surface area contributed by atoms with E-state index in [1.807, 2.05) is 36.4 Å². The van der Waals surface area contributed by atoms with Crippen LogP contribution < -0.4 is 10.5 Å². The van der Waals surface area contributed by atoms with Crippen LogP contribution in [-0.4, -0.2) is 23.3 Å². The summed E-state index contributed by atoms with van der Waals surface area (Å²) in [7, 11) is 0. The minimum atomic E-state index is -0.392. The molecule has 0 unspecified atom stereocenters. The largest absolute Gasteiger partial charge is 0.506 e. The van der Waals surface area contributed by atoms with Crippen molar-refractivity contribution in [2.75, 3.05) is 12.3 Å². The van der Waals surface area contributed by atoms with Gasteiger partial charge in [-0.2, -0.15) is 0 Å². The van der Waals surface area contributed by atoms with Gasteiger partial charge in [-0.15, -0.1) is 0 Å². The first-order chi connectivity index (χ1) is 14.4. The van der Waals surface area contributed by atoms with Gasteiger partial charge in [0.2, 0.25) is 0 Å². The van der Waals surface area contributed by atoms with Gasteiger partial charge in [0.25, 0.3) is 0 Å². The maximum absolute atomic E-state index is 12.8. The number of ketones is 2. The number of unbranched alkanes of at least 4 members (excludes halogenated alkanes) is 1. The fraction of sp³-hybridized carbons (Fsp3) is 0.200. The Morgan fingerprint density at radius 3 is 2.10 bits per heavy atom. The molecule has 0 heterocycles. The van der Waals surface area contributed by atoms with E-state index in [-0.39, 0.29) is 28.3 Å². The number of anilines is 1. The smallest absolute Gasteiger partial charge is 0.196 e. The summed E-state index contributed by atoms with van der Waals surface area (Å²) in [6.45, 7) is 4.13. The molecule has 3 aromatic rings. The fourth-order valence-electron chi connectivity index (χ4n) is 3.21. The molecular formula is C25H25NO4. The molecule has 3 rings (SSSR count). The molecule has 154 valence electrons. The predicted molar refractivity (Wildman–Crippen MR) is 118 cm³/mol. The first kappa shape index (κ1) is 21.1. The summed E-state index contributed by atoms with van der Waals surface area (Å²) in [5.41, 5.74) is 8.30. The number of aromatic hydroxyl groups is 1. The quantitative estimate of drug-likeness (QED) is 0.304. The third kappa shape index (κ3) is 4.51. The van der Waals surface area contributed by atoms with E-state index in [1.54, 1.807) is 12.1 Å². The van der Waals surface area contributed by atoms with E-state index in [9.17, 15) is 14.7 Å². The van der Waals surface area contributed by atoms with Crippen molar-refractivity contribution in [3.8, 4) is 22.6 Å². The van der Waals surface area contributed by atoms with E-state index < -0.39 is 5.78 Å². The van der Waals surface area contributed by atoms with Crippen molar-refractivity contribution in [3.63, 3.8) is 0 Å². The molecule has 0 aliphatic rings. The molecule has 0 aliphatic carbocycles. The van der Waals surface area contributed by atoms with Gasteiger partial charge in [-0.05, 0) is 48.7 Å². The Morgan fingerprint density at radius 1 is 0.933 bits per heavy atom. The molecule has 0 saturated carbocycles. The molecule has 0 amide bonds. The average molecular weight is 403 g/mol. The molecule has 3 N–H and O–H groups in total. The lowest BCUT2D eigenvalue weighted by atomic mass is 9.96. The standard InChI is InChI=1S/C25H25NO4/c1-3-4-15-30-20-11-9-18(10-12-20)17-5-7-19(8-6-17)24(28)21-13-14-22(26)23(16(2)27)25(21)29/h5-14,29H,3-4,15,26H2,1-2H3. The highest BCUT2D eigenvalue weighted by atomic mass is 16.5. The number of nitrogen functional groups attached to an aromatic ring is 1. The monoisotopic (exact) mass is 403 g/mol. The van der Waals surface area contributed by atoms with Crippen LogP contribution in [0, 0.1) is 0 Å². The molecule has 0 bridgehead atoms. The third-order valence-corrected chi connectivity index (χ3v) is 4.91. The lowest BCUT2D eigenvalue weighted by Crippen LogP contribution is -2.07. The molecular weight excluding hydrogens is 378 g/mol. The molecule has 0 fully saturated rings. The highest BCUT2D eigenvalue weighted by molar-refractivity contribution is 6.14. The maximum Gasteiger partial charge on any atom is 0.196 e. The number of carbonyl (C=O) groups is 2. The van der Waals surface area contributed by atoms with Gasteiger partial charge >= 0.3 is 0 Å². The Bertz CT molecular complexity index is 1050. The Hall–Kier alpha value is -3.60. The molecule has 0 saturated heterocycles. The number of Topliss-reactive ketones (excluding diaryl/α,β-unsaturated/α-hetero) is 1. The SMILES string of the molecule is CCCCOc1ccc(-c2ccc(C(=O)c3ccc(N)c(C(C)=O)c3O)cc2)cc1. The summed E-state index contributed by atoms with van der Waals surface area (Å²) >= 11 is 0. The van der Waals surface area contributed by atoms with Crippen molar-refractivity contribution in [1.82, 2.24) is 0 Å². The second-order valence-corrected chi connectivity index (χ2v) is 7.12. The molecule has 5 heteroatoms. The van der Waals surface area contributed by atoms with E-state index in [1.165, 1.54) is 19.1 Å². The second-order valence-electron chi connectivity index (χ2n) is 7.12. The molecule has 0 aliphatic heterocycles. The van der Waals surface area contributed by atoms with Crippen LogP contribution in [0.3, 0.4) is 0 Å². The number of phenolic OH excluding ortho intramolecular Hbond substituents is 1. The zero-order valence-electron chi connectivity index (χ0n) is 17.1. The number of benzene rings is 3. The van der Waals surface area contributed by atoms with Crippen LogP contribution in [0.25, 0.3) is 11.1 Å². The molecule has 0 spiro atoms. The van der Waals surface area contributed by atoms with Crippen molar-refractivity contribution in [2.45, 2.75) is 26.7 Å². The first-order valence-corrected chi connectivity index (χ1v) is 9.92. The van der Waals surface area contributed by atoms with E-state index in [4.69, 9.17) is 10.5 Å². The number of ether oxygens (including phenoxy) is 1. The van der Waals surface area contributed by atoms with Gasteiger partial charge in [0, 0.05) is 11.3 Å². The van der Waals surface area contributed by atoms with Crippen molar-refractivity contribution in [3.05, 3.63) is 77.4 Å². The van der Waals surface area contributed by atoms with Crippen LogP contribution in [0.5, 0.6) is 11.5 Å². The van der Waals surface area contributed by atoms with Gasteiger partial charge in [-0.3, -0.25) is 9.59 Å². The number of rotatable bonds is 8. The van der Waals surface area contributed by atoms with Gasteiger partial charge in [-0.1, -0.05) is 49.7 Å². The van der Waals surface area contributed by atoms with E-state index in [0.29, 0.717) is 12.2 Å². The van der Waals surface area contributed by atoms with Crippen LogP contribution in [0.1, 0.15) is 53.0 Å². The first-order valence-electron chi connectivity index (χ1n) is 9.92.